The van der Waals surface area contributed by atoms with Gasteiger partial charge in [0.05, 0.1) is 23.9 Å². The second-order valence-electron chi connectivity index (χ2n) is 6.43. The molecule has 1 aliphatic rings. The summed E-state index contributed by atoms with van der Waals surface area (Å²) in [4.78, 5) is 12.8. The molecule has 2 N–H and O–H groups in total. The topological polar surface area (TPSA) is 120 Å². The van der Waals surface area contributed by atoms with Crippen molar-refractivity contribution in [1.29, 1.82) is 5.26 Å². The van der Waals surface area contributed by atoms with E-state index in [1.54, 1.807) is 42.2 Å². The van der Waals surface area contributed by atoms with Gasteiger partial charge in [-0.1, -0.05) is 0 Å². The maximum atomic E-state index is 12.8. The van der Waals surface area contributed by atoms with Crippen LogP contribution in [0.25, 0.3) is 0 Å². The first-order valence-electron chi connectivity index (χ1n) is 8.27. The van der Waals surface area contributed by atoms with Crippen molar-refractivity contribution in [3.8, 4) is 6.07 Å². The minimum absolute atomic E-state index is 0.268. The van der Waals surface area contributed by atoms with Crippen molar-refractivity contribution in [2.75, 3.05) is 12.4 Å². The minimum atomic E-state index is -3.82. The fraction of sp³-hybridized carbons (Fsp3) is 0.353. The van der Waals surface area contributed by atoms with E-state index >= 15 is 0 Å². The molecule has 10 heteroatoms. The number of nitrogens with one attached hydrogen (secondary N) is 2. The van der Waals surface area contributed by atoms with Crippen molar-refractivity contribution in [2.24, 2.45) is 7.05 Å². The molecular weight excluding hydrogens is 368 g/mol. The molecule has 0 bridgehead atoms. The molecule has 1 fully saturated rings. The van der Waals surface area contributed by atoms with Gasteiger partial charge in [-0.25, -0.2) is 0 Å². The molecule has 0 unspecified atom stereocenters. The van der Waals surface area contributed by atoms with E-state index in [0.717, 1.165) is 15.6 Å². The van der Waals surface area contributed by atoms with E-state index in [0.29, 0.717) is 11.3 Å². The number of aryl methyl sites for hydroxylation is 1. The molecule has 1 amide bonds. The number of anilines is 1. The first kappa shape index (κ1) is 19.0. The normalized spacial score (nSPS) is 22.1. The summed E-state index contributed by atoms with van der Waals surface area (Å²) in [6.07, 6.45) is 1.88. The Hall–Kier alpha value is -2.74. The van der Waals surface area contributed by atoms with Crippen LogP contribution in [0, 0.1) is 18.3 Å². The monoisotopic (exact) mass is 388 g/mol. The lowest BCUT2D eigenvalue weighted by Gasteiger charge is -2.36. The number of rotatable bonds is 3. The lowest BCUT2D eigenvalue weighted by molar-refractivity contribution is -0.120. The second-order valence-corrected chi connectivity index (χ2v) is 8.19. The van der Waals surface area contributed by atoms with Gasteiger partial charge in [0.1, 0.15) is 6.04 Å². The van der Waals surface area contributed by atoms with Crippen LogP contribution in [0.5, 0.6) is 0 Å². The highest BCUT2D eigenvalue weighted by atomic mass is 32.2. The van der Waals surface area contributed by atoms with E-state index in [9.17, 15) is 13.2 Å². The van der Waals surface area contributed by atoms with Crippen molar-refractivity contribution < 1.29 is 13.2 Å². The molecule has 0 saturated carbocycles. The lowest BCUT2D eigenvalue weighted by atomic mass is 10.00. The fourth-order valence-corrected chi connectivity index (χ4v) is 4.29. The molecule has 1 saturated heterocycles. The Morgan fingerprint density at radius 2 is 2.00 bits per heavy atom. The van der Waals surface area contributed by atoms with Crippen molar-refractivity contribution >= 4 is 21.8 Å². The number of hydrogen-bond acceptors (Lipinski definition) is 5. The van der Waals surface area contributed by atoms with Crippen LogP contribution in [0.1, 0.15) is 29.3 Å². The lowest BCUT2D eigenvalue weighted by Crippen LogP contribution is -2.56. The molecular formula is C17H20N6O3S. The van der Waals surface area contributed by atoms with E-state index in [-0.39, 0.29) is 6.42 Å². The SMILES string of the molecule is Cc1c([C@H]2C[C@H](C(=O)Nc3ccc(C#N)cc3)N(C)S(=O)(=O)N2)cnn1C. The van der Waals surface area contributed by atoms with Crippen molar-refractivity contribution in [2.45, 2.75) is 25.4 Å². The van der Waals surface area contributed by atoms with Crippen LogP contribution in [0.2, 0.25) is 0 Å². The Kier molecular flexibility index (Phi) is 5.01. The van der Waals surface area contributed by atoms with Crippen LogP contribution in [0.15, 0.2) is 30.5 Å². The molecule has 0 spiro atoms. The van der Waals surface area contributed by atoms with E-state index in [1.165, 1.54) is 7.05 Å². The van der Waals surface area contributed by atoms with Crippen molar-refractivity contribution in [3.63, 3.8) is 0 Å². The standard InChI is InChI=1S/C17H20N6O3S/c1-11-14(10-19-22(11)2)15-8-16(23(3)27(25,26)21-15)17(24)20-13-6-4-12(9-18)5-7-13/h4-7,10,15-16,21H,8H2,1-3H3,(H,20,24)/t15-,16-/m1/s1. The molecule has 142 valence electrons. The third kappa shape index (κ3) is 3.71. The highest BCUT2D eigenvalue weighted by molar-refractivity contribution is 7.87. The zero-order valence-electron chi connectivity index (χ0n) is 15.2. The van der Waals surface area contributed by atoms with Gasteiger partial charge in [-0.2, -0.15) is 27.8 Å². The van der Waals surface area contributed by atoms with Gasteiger partial charge < -0.3 is 5.32 Å². The molecule has 1 aliphatic heterocycles. The van der Waals surface area contributed by atoms with Crippen molar-refractivity contribution in [3.05, 3.63) is 47.3 Å². The molecule has 3 rings (SSSR count). The Balaban J connectivity index is 1.84. The molecule has 0 radical (unpaired) electrons. The molecule has 0 aliphatic carbocycles. The predicted molar refractivity (Wildman–Crippen MR) is 98.7 cm³/mol. The zero-order chi connectivity index (χ0) is 19.8. The Labute approximate surface area is 157 Å². The summed E-state index contributed by atoms with van der Waals surface area (Å²) in [5.74, 6) is -0.432. The molecule has 9 nitrogen and oxygen atoms in total. The predicted octanol–water partition coefficient (Wildman–Crippen LogP) is 0.818. The van der Waals surface area contributed by atoms with Gasteiger partial charge in [0, 0.05) is 31.0 Å². The fourth-order valence-electron chi connectivity index (χ4n) is 3.02. The van der Waals surface area contributed by atoms with Gasteiger partial charge in [-0.15, -0.1) is 0 Å². The van der Waals surface area contributed by atoms with Gasteiger partial charge in [-0.05, 0) is 37.6 Å². The van der Waals surface area contributed by atoms with Crippen LogP contribution in [-0.4, -0.2) is 41.5 Å². The number of aromatic nitrogens is 2. The Bertz CT molecular complexity index is 1010. The maximum Gasteiger partial charge on any atom is 0.280 e. The van der Waals surface area contributed by atoms with Gasteiger partial charge >= 0.3 is 0 Å². The Morgan fingerprint density at radius 1 is 1.33 bits per heavy atom. The molecule has 2 heterocycles. The average molecular weight is 388 g/mol. The van der Waals surface area contributed by atoms with Gasteiger partial charge in [0.25, 0.3) is 10.2 Å². The first-order chi connectivity index (χ1) is 12.7. The summed E-state index contributed by atoms with van der Waals surface area (Å²) in [6.45, 7) is 1.85. The van der Waals surface area contributed by atoms with E-state index in [2.05, 4.69) is 15.1 Å². The summed E-state index contributed by atoms with van der Waals surface area (Å²) in [7, 11) is -0.673. The number of carbonyl (C=O) groups is 1. The number of nitrogens with zero attached hydrogens (tertiary/aromatic N) is 4. The summed E-state index contributed by atoms with van der Waals surface area (Å²) >= 11 is 0. The van der Waals surface area contributed by atoms with Crippen LogP contribution in [0.4, 0.5) is 5.69 Å². The molecule has 2 aromatic rings. The number of carbonyl (C=O) groups excluding carboxylic acids is 1. The zero-order valence-corrected chi connectivity index (χ0v) is 16.0. The van der Waals surface area contributed by atoms with E-state index in [1.807, 2.05) is 13.0 Å². The third-order valence-electron chi connectivity index (χ3n) is 4.80. The Morgan fingerprint density at radius 3 is 2.56 bits per heavy atom. The number of nitriles is 1. The first-order valence-corrected chi connectivity index (χ1v) is 9.71. The van der Waals surface area contributed by atoms with Crippen LogP contribution < -0.4 is 10.0 Å². The highest BCUT2D eigenvalue weighted by Gasteiger charge is 2.41. The largest absolute Gasteiger partial charge is 0.325 e. The second kappa shape index (κ2) is 7.11. The number of hydrogen-bond donors (Lipinski definition) is 2. The van der Waals surface area contributed by atoms with Crippen molar-refractivity contribution in [1.82, 2.24) is 18.8 Å². The number of likely N-dealkylation sites (N-methyl/N-ethyl adjacent to an activating group) is 1. The van der Waals surface area contributed by atoms with Gasteiger partial charge in [0.15, 0.2) is 0 Å². The summed E-state index contributed by atoms with van der Waals surface area (Å²) < 4.78 is 30.3. The molecule has 27 heavy (non-hydrogen) atoms. The van der Waals surface area contributed by atoms with E-state index in [4.69, 9.17) is 5.26 Å². The summed E-state index contributed by atoms with van der Waals surface area (Å²) in [5.41, 5.74) is 2.54. The summed E-state index contributed by atoms with van der Waals surface area (Å²) in [5, 5.41) is 15.7. The van der Waals surface area contributed by atoms with E-state index < -0.39 is 28.2 Å². The quantitative estimate of drug-likeness (QED) is 0.806. The maximum absolute atomic E-state index is 12.8. The van der Waals surface area contributed by atoms with Crippen LogP contribution >= 0.6 is 0 Å². The smallest absolute Gasteiger partial charge is 0.280 e. The number of benzene rings is 1. The summed E-state index contributed by atoms with van der Waals surface area (Å²) in [6, 6.07) is 6.96. The number of amides is 1. The highest BCUT2D eigenvalue weighted by Crippen LogP contribution is 2.29. The van der Waals surface area contributed by atoms with Gasteiger partial charge in [-0.3, -0.25) is 9.48 Å². The molecule has 2 atom stereocenters. The molecule has 1 aromatic carbocycles. The van der Waals surface area contributed by atoms with Crippen LogP contribution in [0.3, 0.4) is 0 Å². The third-order valence-corrected chi connectivity index (χ3v) is 6.40. The van der Waals surface area contributed by atoms with Crippen LogP contribution in [-0.2, 0) is 22.1 Å². The van der Waals surface area contributed by atoms with Gasteiger partial charge in [0.2, 0.25) is 5.91 Å². The average Bonchev–Trinajstić information content (AvgIpc) is 2.97. The minimum Gasteiger partial charge on any atom is -0.325 e. The molecule has 1 aromatic heterocycles.